The van der Waals surface area contributed by atoms with Crippen molar-refractivity contribution >= 4 is 28.8 Å². The van der Waals surface area contributed by atoms with Gasteiger partial charge in [0.25, 0.3) is 0 Å². The lowest BCUT2D eigenvalue weighted by atomic mass is 9.75. The van der Waals surface area contributed by atoms with Crippen LogP contribution in [0.25, 0.3) is 0 Å². The standard InChI is InChI=1S/C21H29NO7S/c1-8-15-16(13-9-11-14(26-5)12-10-13)21(18(23)27-6,19(24)28-7)29-17(15)22-30(25)20(2,3)4/h9-12,15-16H,8H2,1-7H3/b22-17-/t15-,16-,30?/m1/s1. The number of methoxy groups -OCH3 is 3. The predicted octanol–water partition coefficient (Wildman–Crippen LogP) is 2.78. The van der Waals surface area contributed by atoms with Crippen LogP contribution in [0.5, 0.6) is 5.75 Å². The molecule has 0 aromatic heterocycles. The molecule has 0 radical (unpaired) electrons. The lowest BCUT2D eigenvalue weighted by Gasteiger charge is -2.29. The van der Waals surface area contributed by atoms with E-state index in [4.69, 9.17) is 18.9 Å². The molecule has 8 nitrogen and oxygen atoms in total. The van der Waals surface area contributed by atoms with Crippen LogP contribution in [0.2, 0.25) is 0 Å². The maximum atomic E-state index is 12.9. The summed E-state index contributed by atoms with van der Waals surface area (Å²) in [5, 5.41) is 0. The van der Waals surface area contributed by atoms with Gasteiger partial charge < -0.3 is 18.9 Å². The monoisotopic (exact) mass is 439 g/mol. The van der Waals surface area contributed by atoms with Crippen molar-refractivity contribution in [3.05, 3.63) is 29.8 Å². The predicted molar refractivity (Wildman–Crippen MR) is 113 cm³/mol. The molecular formula is C21H29NO7S. The van der Waals surface area contributed by atoms with Crippen molar-refractivity contribution in [1.29, 1.82) is 0 Å². The van der Waals surface area contributed by atoms with Crippen molar-refractivity contribution in [2.45, 2.75) is 50.4 Å². The molecule has 1 heterocycles. The minimum Gasteiger partial charge on any atom is -0.497 e. The quantitative estimate of drug-likeness (QED) is 0.496. The van der Waals surface area contributed by atoms with Gasteiger partial charge in [-0.1, -0.05) is 19.1 Å². The summed E-state index contributed by atoms with van der Waals surface area (Å²) < 4.78 is 37.3. The fraction of sp³-hybridized carbons (Fsp3) is 0.571. The molecule has 1 aliphatic rings. The topological polar surface area (TPSA) is 100 Å². The highest BCUT2D eigenvalue weighted by molar-refractivity contribution is 7.85. The van der Waals surface area contributed by atoms with Crippen LogP contribution in [0.3, 0.4) is 0 Å². The van der Waals surface area contributed by atoms with Gasteiger partial charge in [-0.05, 0) is 44.9 Å². The molecule has 1 unspecified atom stereocenters. The van der Waals surface area contributed by atoms with Crippen LogP contribution in [-0.4, -0.2) is 53.7 Å². The van der Waals surface area contributed by atoms with Crippen LogP contribution in [0.4, 0.5) is 0 Å². The molecule has 166 valence electrons. The lowest BCUT2D eigenvalue weighted by Crippen LogP contribution is -2.52. The van der Waals surface area contributed by atoms with Crippen LogP contribution in [0.15, 0.2) is 28.7 Å². The highest BCUT2D eigenvalue weighted by atomic mass is 32.2. The molecule has 1 aromatic rings. The molecule has 30 heavy (non-hydrogen) atoms. The second-order valence-electron chi connectivity index (χ2n) is 7.88. The highest BCUT2D eigenvalue weighted by Crippen LogP contribution is 2.48. The Morgan fingerprint density at radius 2 is 1.63 bits per heavy atom. The molecule has 0 saturated carbocycles. The Balaban J connectivity index is 2.74. The summed E-state index contributed by atoms with van der Waals surface area (Å²) in [6.07, 6.45) is 0.479. The Morgan fingerprint density at radius 1 is 1.10 bits per heavy atom. The van der Waals surface area contributed by atoms with Gasteiger partial charge in [-0.2, -0.15) is 4.40 Å². The zero-order chi connectivity index (χ0) is 22.7. The first-order chi connectivity index (χ1) is 14.1. The minimum atomic E-state index is -2.10. The fourth-order valence-electron chi connectivity index (χ4n) is 3.45. The normalized spacial score (nSPS) is 22.8. The summed E-state index contributed by atoms with van der Waals surface area (Å²) in [4.78, 5) is 25.9. The molecule has 0 N–H and O–H groups in total. The number of ether oxygens (including phenoxy) is 4. The zero-order valence-electron chi connectivity index (χ0n) is 18.4. The van der Waals surface area contributed by atoms with E-state index in [1.807, 2.05) is 6.92 Å². The summed E-state index contributed by atoms with van der Waals surface area (Å²) in [7, 11) is 2.24. The van der Waals surface area contributed by atoms with Gasteiger partial charge in [-0.25, -0.2) is 13.8 Å². The molecule has 1 fully saturated rings. The molecule has 3 atom stereocenters. The van der Waals surface area contributed by atoms with Gasteiger partial charge in [0, 0.05) is 5.92 Å². The van der Waals surface area contributed by atoms with Crippen LogP contribution in [-0.2, 0) is 34.8 Å². The summed E-state index contributed by atoms with van der Waals surface area (Å²) in [6, 6.07) is 6.95. The van der Waals surface area contributed by atoms with E-state index in [9.17, 15) is 13.8 Å². The van der Waals surface area contributed by atoms with Crippen LogP contribution < -0.4 is 4.74 Å². The summed E-state index contributed by atoms with van der Waals surface area (Å²) in [5.41, 5.74) is -1.45. The Kier molecular flexibility index (Phi) is 7.28. The molecule has 0 spiro atoms. The minimum absolute atomic E-state index is 0.0716. The third kappa shape index (κ3) is 4.21. The fourth-order valence-corrected chi connectivity index (χ4v) is 4.06. The van der Waals surface area contributed by atoms with E-state index < -0.39 is 45.1 Å². The Labute approximate surface area is 179 Å². The van der Waals surface area contributed by atoms with Gasteiger partial charge in [0.1, 0.15) is 16.7 Å². The number of rotatable bonds is 6. The van der Waals surface area contributed by atoms with Crippen molar-refractivity contribution in [3.8, 4) is 5.75 Å². The van der Waals surface area contributed by atoms with Gasteiger partial charge in [0.2, 0.25) is 5.90 Å². The van der Waals surface area contributed by atoms with E-state index in [1.165, 1.54) is 14.2 Å². The van der Waals surface area contributed by atoms with Gasteiger partial charge in [-0.15, -0.1) is 0 Å². The van der Waals surface area contributed by atoms with Crippen molar-refractivity contribution in [2.75, 3.05) is 21.3 Å². The number of hydrogen-bond donors (Lipinski definition) is 0. The number of carbonyl (C=O) groups is 2. The SMILES string of the molecule is CC[C@H]1/C(=N/S(=O)C(C)(C)C)OC(C(=O)OC)(C(=O)OC)[C@@H]1c1ccc(OC)cc1. The summed E-state index contributed by atoms with van der Waals surface area (Å²) in [6.45, 7) is 7.21. The molecule has 0 aliphatic carbocycles. The van der Waals surface area contributed by atoms with Crippen molar-refractivity contribution in [2.24, 2.45) is 10.3 Å². The van der Waals surface area contributed by atoms with Gasteiger partial charge in [-0.3, -0.25) is 0 Å². The molecule has 1 aromatic carbocycles. The largest absolute Gasteiger partial charge is 0.497 e. The summed E-state index contributed by atoms with van der Waals surface area (Å²) >= 11 is 0. The first kappa shape index (κ1) is 23.9. The first-order valence-electron chi connectivity index (χ1n) is 9.57. The zero-order valence-corrected chi connectivity index (χ0v) is 19.2. The second-order valence-corrected chi connectivity index (χ2v) is 9.78. The maximum absolute atomic E-state index is 12.9. The average Bonchev–Trinajstić information content (AvgIpc) is 3.06. The number of carbonyl (C=O) groups excluding carboxylic acids is 2. The van der Waals surface area contributed by atoms with Crippen molar-refractivity contribution in [1.82, 2.24) is 0 Å². The third-order valence-corrected chi connectivity index (χ3v) is 6.41. The van der Waals surface area contributed by atoms with E-state index in [0.717, 1.165) is 0 Å². The van der Waals surface area contributed by atoms with Crippen LogP contribution in [0.1, 0.15) is 45.6 Å². The number of hydrogen-bond acceptors (Lipinski definition) is 7. The molecule has 1 saturated heterocycles. The Hall–Kier alpha value is -2.42. The molecule has 0 amide bonds. The van der Waals surface area contributed by atoms with E-state index >= 15 is 0 Å². The number of nitrogens with zero attached hydrogens (tertiary/aromatic N) is 1. The maximum Gasteiger partial charge on any atom is 0.362 e. The van der Waals surface area contributed by atoms with Gasteiger partial charge >= 0.3 is 17.5 Å². The molecular weight excluding hydrogens is 410 g/mol. The number of benzene rings is 1. The van der Waals surface area contributed by atoms with Crippen LogP contribution in [0, 0.1) is 5.92 Å². The lowest BCUT2D eigenvalue weighted by molar-refractivity contribution is -0.178. The Morgan fingerprint density at radius 3 is 2.03 bits per heavy atom. The Bertz CT molecular complexity index is 826. The first-order valence-corrected chi connectivity index (χ1v) is 10.7. The number of esters is 2. The molecule has 9 heteroatoms. The molecule has 1 aliphatic heterocycles. The van der Waals surface area contributed by atoms with E-state index in [-0.39, 0.29) is 5.90 Å². The molecule has 0 bridgehead atoms. The third-order valence-electron chi connectivity index (χ3n) is 5.01. The van der Waals surface area contributed by atoms with E-state index in [2.05, 4.69) is 4.40 Å². The average molecular weight is 440 g/mol. The highest BCUT2D eigenvalue weighted by Gasteiger charge is 2.66. The smallest absolute Gasteiger partial charge is 0.362 e. The molecule has 2 rings (SSSR count). The van der Waals surface area contributed by atoms with Gasteiger partial charge in [0.05, 0.1) is 32.0 Å². The van der Waals surface area contributed by atoms with E-state index in [1.54, 1.807) is 52.1 Å². The summed E-state index contributed by atoms with van der Waals surface area (Å²) in [5.74, 6) is -2.40. The van der Waals surface area contributed by atoms with Crippen molar-refractivity contribution < 1.29 is 32.7 Å². The second kappa shape index (κ2) is 9.16. The van der Waals surface area contributed by atoms with Crippen LogP contribution >= 0.6 is 0 Å². The van der Waals surface area contributed by atoms with Gasteiger partial charge in [0.15, 0.2) is 0 Å². The van der Waals surface area contributed by atoms with Crippen molar-refractivity contribution in [3.63, 3.8) is 0 Å². The van der Waals surface area contributed by atoms with E-state index in [0.29, 0.717) is 17.7 Å².